The molecule has 1 heterocycles. The van der Waals surface area contributed by atoms with Crippen molar-refractivity contribution in [3.05, 3.63) is 0 Å². The Morgan fingerprint density at radius 3 is 2.68 bits per heavy atom. The third kappa shape index (κ3) is 7.50. The second-order valence-corrected chi connectivity index (χ2v) is 5.42. The summed E-state index contributed by atoms with van der Waals surface area (Å²) in [5, 5.41) is 0. The molecule has 0 bridgehead atoms. The average Bonchev–Trinajstić information content (AvgIpc) is 2.87. The number of ether oxygens (including phenoxy) is 2. The van der Waals surface area contributed by atoms with E-state index in [2.05, 4.69) is 23.9 Å². The van der Waals surface area contributed by atoms with Crippen molar-refractivity contribution in [2.24, 2.45) is 0 Å². The quantitative estimate of drug-likeness (QED) is 0.585. The molecule has 5 nitrogen and oxygen atoms in total. The fraction of sp³-hybridized carbons (Fsp3) is 0.929. The predicted octanol–water partition coefficient (Wildman–Crippen LogP) is 0.982. The standard InChI is InChI=1S/C14H28N2O3/c1-15(2)8-5-9-16(10-7-14(17)18-3)12-13-6-4-11-19-13/h13H,4-12H2,1-3H3. The maximum Gasteiger partial charge on any atom is 0.306 e. The Labute approximate surface area is 116 Å². The number of carbonyl (C=O) groups excluding carboxylic acids is 1. The summed E-state index contributed by atoms with van der Waals surface area (Å²) in [5.41, 5.74) is 0. The van der Waals surface area contributed by atoms with Crippen molar-refractivity contribution in [1.82, 2.24) is 9.80 Å². The zero-order valence-corrected chi connectivity index (χ0v) is 12.6. The minimum absolute atomic E-state index is 0.134. The first-order valence-electron chi connectivity index (χ1n) is 7.17. The largest absolute Gasteiger partial charge is 0.469 e. The molecule has 0 spiro atoms. The van der Waals surface area contributed by atoms with Crippen LogP contribution in [0.25, 0.3) is 0 Å². The van der Waals surface area contributed by atoms with Gasteiger partial charge in [-0.05, 0) is 46.4 Å². The molecule has 1 aliphatic rings. The number of rotatable bonds is 9. The van der Waals surface area contributed by atoms with Crippen molar-refractivity contribution in [2.75, 3.05) is 54.0 Å². The minimum Gasteiger partial charge on any atom is -0.469 e. The van der Waals surface area contributed by atoms with Gasteiger partial charge in [0.05, 0.1) is 19.6 Å². The maximum absolute atomic E-state index is 11.2. The molecule has 0 aromatic heterocycles. The van der Waals surface area contributed by atoms with E-state index in [-0.39, 0.29) is 5.97 Å². The topological polar surface area (TPSA) is 42.0 Å². The van der Waals surface area contributed by atoms with Gasteiger partial charge in [-0.25, -0.2) is 0 Å². The summed E-state index contributed by atoms with van der Waals surface area (Å²) in [5.74, 6) is -0.134. The Morgan fingerprint density at radius 1 is 1.32 bits per heavy atom. The lowest BCUT2D eigenvalue weighted by molar-refractivity contribution is -0.141. The first kappa shape index (κ1) is 16.4. The lowest BCUT2D eigenvalue weighted by atomic mass is 10.2. The van der Waals surface area contributed by atoms with Crippen LogP contribution in [0.4, 0.5) is 0 Å². The van der Waals surface area contributed by atoms with Crippen molar-refractivity contribution in [2.45, 2.75) is 31.8 Å². The molecule has 0 saturated carbocycles. The van der Waals surface area contributed by atoms with Gasteiger partial charge in [-0.2, -0.15) is 0 Å². The summed E-state index contributed by atoms with van der Waals surface area (Å²) in [6.07, 6.45) is 4.22. The average molecular weight is 272 g/mol. The van der Waals surface area contributed by atoms with Gasteiger partial charge in [0.25, 0.3) is 0 Å². The van der Waals surface area contributed by atoms with Gasteiger partial charge in [0, 0.05) is 19.7 Å². The predicted molar refractivity (Wildman–Crippen MR) is 75.2 cm³/mol. The number of methoxy groups -OCH3 is 1. The second kappa shape index (κ2) is 9.28. The SMILES string of the molecule is COC(=O)CCN(CCCN(C)C)CC1CCCO1. The molecule has 0 aromatic carbocycles. The van der Waals surface area contributed by atoms with Crippen LogP contribution < -0.4 is 0 Å². The molecule has 1 atom stereocenters. The van der Waals surface area contributed by atoms with E-state index >= 15 is 0 Å². The van der Waals surface area contributed by atoms with E-state index in [0.717, 1.165) is 52.0 Å². The number of nitrogens with zero attached hydrogens (tertiary/aromatic N) is 2. The molecule has 112 valence electrons. The molecule has 0 aromatic rings. The molecule has 1 rings (SSSR count). The highest BCUT2D eigenvalue weighted by atomic mass is 16.5. The summed E-state index contributed by atoms with van der Waals surface area (Å²) in [6, 6.07) is 0. The van der Waals surface area contributed by atoms with E-state index in [1.165, 1.54) is 7.11 Å². The fourth-order valence-corrected chi connectivity index (χ4v) is 2.33. The van der Waals surface area contributed by atoms with Crippen LogP contribution in [0.2, 0.25) is 0 Å². The van der Waals surface area contributed by atoms with Gasteiger partial charge in [0.15, 0.2) is 0 Å². The smallest absolute Gasteiger partial charge is 0.306 e. The highest BCUT2D eigenvalue weighted by Crippen LogP contribution is 2.13. The molecule has 1 fully saturated rings. The second-order valence-electron chi connectivity index (χ2n) is 5.42. The Hall–Kier alpha value is -0.650. The molecule has 19 heavy (non-hydrogen) atoms. The van der Waals surface area contributed by atoms with E-state index < -0.39 is 0 Å². The van der Waals surface area contributed by atoms with E-state index in [4.69, 9.17) is 9.47 Å². The molecule has 1 unspecified atom stereocenters. The van der Waals surface area contributed by atoms with Gasteiger partial charge in [-0.3, -0.25) is 4.79 Å². The molecular weight excluding hydrogens is 244 g/mol. The summed E-state index contributed by atoms with van der Waals surface area (Å²) in [7, 11) is 5.61. The monoisotopic (exact) mass is 272 g/mol. The van der Waals surface area contributed by atoms with E-state index in [9.17, 15) is 4.79 Å². The highest BCUT2D eigenvalue weighted by molar-refractivity contribution is 5.69. The summed E-state index contributed by atoms with van der Waals surface area (Å²) in [6.45, 7) is 4.66. The van der Waals surface area contributed by atoms with Gasteiger partial charge in [-0.15, -0.1) is 0 Å². The van der Waals surface area contributed by atoms with Crippen LogP contribution in [-0.4, -0.2) is 75.9 Å². The molecule has 0 radical (unpaired) electrons. The normalized spacial score (nSPS) is 19.3. The molecule has 0 amide bonds. The van der Waals surface area contributed by atoms with Gasteiger partial charge >= 0.3 is 5.97 Å². The van der Waals surface area contributed by atoms with Crippen LogP contribution in [-0.2, 0) is 14.3 Å². The summed E-state index contributed by atoms with van der Waals surface area (Å²) >= 11 is 0. The zero-order valence-electron chi connectivity index (χ0n) is 12.6. The van der Waals surface area contributed by atoms with Crippen LogP contribution in [0.3, 0.4) is 0 Å². The van der Waals surface area contributed by atoms with E-state index in [1.54, 1.807) is 0 Å². The van der Waals surface area contributed by atoms with Crippen LogP contribution in [0, 0.1) is 0 Å². The molecule has 0 N–H and O–H groups in total. The Kier molecular flexibility index (Phi) is 8.02. The van der Waals surface area contributed by atoms with Crippen LogP contribution in [0.15, 0.2) is 0 Å². The van der Waals surface area contributed by atoms with Crippen molar-refractivity contribution in [3.8, 4) is 0 Å². The van der Waals surface area contributed by atoms with E-state index in [1.807, 2.05) is 0 Å². The molecular formula is C14H28N2O3. The molecule has 5 heteroatoms. The van der Waals surface area contributed by atoms with Crippen molar-refractivity contribution >= 4 is 5.97 Å². The van der Waals surface area contributed by atoms with Crippen molar-refractivity contribution in [1.29, 1.82) is 0 Å². The minimum atomic E-state index is -0.134. The lowest BCUT2D eigenvalue weighted by Gasteiger charge is -2.25. The summed E-state index contributed by atoms with van der Waals surface area (Å²) in [4.78, 5) is 15.8. The highest BCUT2D eigenvalue weighted by Gasteiger charge is 2.19. The van der Waals surface area contributed by atoms with Crippen molar-refractivity contribution < 1.29 is 14.3 Å². The van der Waals surface area contributed by atoms with Crippen molar-refractivity contribution in [3.63, 3.8) is 0 Å². The van der Waals surface area contributed by atoms with E-state index in [0.29, 0.717) is 12.5 Å². The number of carbonyl (C=O) groups is 1. The Bertz CT molecular complexity index is 253. The fourth-order valence-electron chi connectivity index (χ4n) is 2.33. The van der Waals surface area contributed by atoms with Gasteiger partial charge < -0.3 is 19.3 Å². The van der Waals surface area contributed by atoms with Crippen LogP contribution >= 0.6 is 0 Å². The van der Waals surface area contributed by atoms with Gasteiger partial charge in [0.2, 0.25) is 0 Å². The third-order valence-corrected chi connectivity index (χ3v) is 3.43. The third-order valence-electron chi connectivity index (χ3n) is 3.43. The van der Waals surface area contributed by atoms with Crippen LogP contribution in [0.5, 0.6) is 0 Å². The summed E-state index contributed by atoms with van der Waals surface area (Å²) < 4.78 is 10.4. The van der Waals surface area contributed by atoms with Gasteiger partial charge in [-0.1, -0.05) is 0 Å². The Balaban J connectivity index is 2.30. The molecule has 1 saturated heterocycles. The number of hydrogen-bond donors (Lipinski definition) is 0. The number of hydrogen-bond acceptors (Lipinski definition) is 5. The Morgan fingerprint density at radius 2 is 2.11 bits per heavy atom. The van der Waals surface area contributed by atoms with Crippen LogP contribution in [0.1, 0.15) is 25.7 Å². The first-order valence-corrected chi connectivity index (χ1v) is 7.17. The van der Waals surface area contributed by atoms with Gasteiger partial charge in [0.1, 0.15) is 0 Å². The lowest BCUT2D eigenvalue weighted by Crippen LogP contribution is -2.35. The molecule has 1 aliphatic heterocycles. The maximum atomic E-state index is 11.2. The number of esters is 1. The zero-order chi connectivity index (χ0) is 14.1. The first-order chi connectivity index (χ1) is 9.11. The molecule has 0 aliphatic carbocycles.